The van der Waals surface area contributed by atoms with Crippen molar-refractivity contribution in [3.05, 3.63) is 0 Å². The standard InChI is InChI=1S/C14H28N2O/c1-5-12-6-8-13(9-7-12)10-15-11(2)14(17)16(3)4/h11-13,15H,5-10H2,1-4H3. The molecule has 1 aliphatic carbocycles. The fourth-order valence-electron chi connectivity index (χ4n) is 2.66. The van der Waals surface area contributed by atoms with Gasteiger partial charge in [-0.05, 0) is 38.1 Å². The van der Waals surface area contributed by atoms with Gasteiger partial charge in [-0.2, -0.15) is 0 Å². The zero-order valence-electron chi connectivity index (χ0n) is 11.8. The fourth-order valence-corrected chi connectivity index (χ4v) is 2.66. The lowest BCUT2D eigenvalue weighted by Gasteiger charge is -2.29. The summed E-state index contributed by atoms with van der Waals surface area (Å²) in [5, 5.41) is 3.38. The molecule has 1 rings (SSSR count). The molecule has 1 aliphatic rings. The first-order valence-corrected chi connectivity index (χ1v) is 6.99. The Morgan fingerprint density at radius 2 is 1.76 bits per heavy atom. The van der Waals surface area contributed by atoms with Crippen molar-refractivity contribution in [1.29, 1.82) is 0 Å². The van der Waals surface area contributed by atoms with E-state index in [0.717, 1.165) is 18.4 Å². The summed E-state index contributed by atoms with van der Waals surface area (Å²) in [6.07, 6.45) is 6.73. The molecule has 1 N–H and O–H groups in total. The summed E-state index contributed by atoms with van der Waals surface area (Å²) >= 11 is 0. The van der Waals surface area contributed by atoms with Crippen LogP contribution in [0.1, 0.15) is 46.0 Å². The lowest BCUT2D eigenvalue weighted by atomic mass is 9.81. The number of hydrogen-bond acceptors (Lipinski definition) is 2. The van der Waals surface area contributed by atoms with E-state index in [9.17, 15) is 4.79 Å². The highest BCUT2D eigenvalue weighted by Crippen LogP contribution is 2.30. The Labute approximate surface area is 106 Å². The van der Waals surface area contributed by atoms with Crippen LogP contribution in [0, 0.1) is 11.8 Å². The first-order valence-electron chi connectivity index (χ1n) is 6.99. The molecule has 17 heavy (non-hydrogen) atoms. The Morgan fingerprint density at radius 3 is 2.24 bits per heavy atom. The van der Waals surface area contributed by atoms with Gasteiger partial charge in [0.2, 0.25) is 5.91 Å². The second kappa shape index (κ2) is 7.00. The molecule has 1 saturated carbocycles. The summed E-state index contributed by atoms with van der Waals surface area (Å²) in [5.41, 5.74) is 0. The average molecular weight is 240 g/mol. The largest absolute Gasteiger partial charge is 0.347 e. The molecule has 0 aromatic carbocycles. The minimum absolute atomic E-state index is 0.0473. The van der Waals surface area contributed by atoms with Gasteiger partial charge in [-0.15, -0.1) is 0 Å². The molecule has 1 unspecified atom stereocenters. The Morgan fingerprint density at radius 1 is 1.24 bits per heavy atom. The van der Waals surface area contributed by atoms with Gasteiger partial charge in [0.05, 0.1) is 6.04 Å². The maximum absolute atomic E-state index is 11.7. The molecule has 0 heterocycles. The summed E-state index contributed by atoms with van der Waals surface area (Å²) < 4.78 is 0. The fraction of sp³-hybridized carbons (Fsp3) is 0.929. The van der Waals surface area contributed by atoms with Crippen LogP contribution in [0.15, 0.2) is 0 Å². The van der Waals surface area contributed by atoms with Crippen molar-refractivity contribution in [1.82, 2.24) is 10.2 Å². The number of amides is 1. The summed E-state index contributed by atoms with van der Waals surface area (Å²) in [7, 11) is 3.62. The molecule has 1 amide bonds. The number of hydrogen-bond donors (Lipinski definition) is 1. The van der Waals surface area contributed by atoms with Crippen LogP contribution in [0.3, 0.4) is 0 Å². The van der Waals surface area contributed by atoms with E-state index in [1.54, 1.807) is 4.90 Å². The van der Waals surface area contributed by atoms with Crippen molar-refractivity contribution in [3.8, 4) is 0 Å². The van der Waals surface area contributed by atoms with Crippen molar-refractivity contribution in [2.75, 3.05) is 20.6 Å². The maximum atomic E-state index is 11.7. The molecule has 0 aromatic rings. The van der Waals surface area contributed by atoms with E-state index in [0.29, 0.717) is 0 Å². The molecule has 0 saturated heterocycles. The minimum Gasteiger partial charge on any atom is -0.347 e. The van der Waals surface area contributed by atoms with E-state index in [1.165, 1.54) is 32.1 Å². The molecule has 3 nitrogen and oxygen atoms in total. The van der Waals surface area contributed by atoms with Crippen molar-refractivity contribution in [2.24, 2.45) is 11.8 Å². The van der Waals surface area contributed by atoms with Gasteiger partial charge in [0.25, 0.3) is 0 Å². The molecular formula is C14H28N2O. The van der Waals surface area contributed by atoms with Crippen molar-refractivity contribution in [3.63, 3.8) is 0 Å². The third kappa shape index (κ3) is 4.66. The highest BCUT2D eigenvalue weighted by Gasteiger charge is 2.21. The van der Waals surface area contributed by atoms with Gasteiger partial charge >= 0.3 is 0 Å². The molecule has 1 atom stereocenters. The third-order valence-electron chi connectivity index (χ3n) is 4.07. The van der Waals surface area contributed by atoms with E-state index in [2.05, 4.69) is 12.2 Å². The minimum atomic E-state index is -0.0473. The van der Waals surface area contributed by atoms with Crippen LogP contribution in [0.2, 0.25) is 0 Å². The lowest BCUT2D eigenvalue weighted by Crippen LogP contribution is -2.43. The van der Waals surface area contributed by atoms with E-state index in [1.807, 2.05) is 21.0 Å². The Hall–Kier alpha value is -0.570. The third-order valence-corrected chi connectivity index (χ3v) is 4.07. The summed E-state index contributed by atoms with van der Waals surface area (Å²) in [6.45, 7) is 5.25. The molecule has 0 bridgehead atoms. The van der Waals surface area contributed by atoms with E-state index < -0.39 is 0 Å². The smallest absolute Gasteiger partial charge is 0.238 e. The maximum Gasteiger partial charge on any atom is 0.238 e. The molecule has 1 fully saturated rings. The quantitative estimate of drug-likeness (QED) is 0.799. The van der Waals surface area contributed by atoms with E-state index in [4.69, 9.17) is 0 Å². The molecule has 0 aliphatic heterocycles. The van der Waals surface area contributed by atoms with Gasteiger partial charge < -0.3 is 10.2 Å². The summed E-state index contributed by atoms with van der Waals surface area (Å²) in [4.78, 5) is 13.3. The summed E-state index contributed by atoms with van der Waals surface area (Å²) in [5.74, 6) is 1.90. The SMILES string of the molecule is CCC1CCC(CNC(C)C(=O)N(C)C)CC1. The number of carbonyl (C=O) groups is 1. The van der Waals surface area contributed by atoms with Crippen molar-refractivity contribution >= 4 is 5.91 Å². The van der Waals surface area contributed by atoms with Crippen molar-refractivity contribution in [2.45, 2.75) is 52.0 Å². The molecule has 100 valence electrons. The normalized spacial score (nSPS) is 26.6. The van der Waals surface area contributed by atoms with Gasteiger partial charge in [0.1, 0.15) is 0 Å². The van der Waals surface area contributed by atoms with Crippen LogP contribution in [-0.4, -0.2) is 37.5 Å². The molecule has 0 radical (unpaired) electrons. The van der Waals surface area contributed by atoms with Crippen molar-refractivity contribution < 1.29 is 4.79 Å². The molecule has 0 spiro atoms. The second-order valence-corrected chi connectivity index (χ2v) is 5.66. The van der Waals surface area contributed by atoms with Gasteiger partial charge in [-0.3, -0.25) is 4.79 Å². The van der Waals surface area contributed by atoms with Gasteiger partial charge in [-0.1, -0.05) is 26.2 Å². The van der Waals surface area contributed by atoms with Crippen LogP contribution in [0.5, 0.6) is 0 Å². The number of rotatable bonds is 5. The van der Waals surface area contributed by atoms with Crippen LogP contribution < -0.4 is 5.32 Å². The monoisotopic (exact) mass is 240 g/mol. The summed E-state index contributed by atoms with van der Waals surface area (Å²) in [6, 6.07) is -0.0473. The lowest BCUT2D eigenvalue weighted by molar-refractivity contribution is -0.130. The second-order valence-electron chi connectivity index (χ2n) is 5.66. The Bertz CT molecular complexity index is 232. The average Bonchev–Trinajstić information content (AvgIpc) is 2.35. The Balaban J connectivity index is 2.21. The van der Waals surface area contributed by atoms with Gasteiger partial charge in [0, 0.05) is 14.1 Å². The van der Waals surface area contributed by atoms with Gasteiger partial charge in [0.15, 0.2) is 0 Å². The topological polar surface area (TPSA) is 32.3 Å². The zero-order chi connectivity index (χ0) is 12.8. The van der Waals surface area contributed by atoms with Crippen LogP contribution in [0.25, 0.3) is 0 Å². The Kier molecular flexibility index (Phi) is 5.96. The molecule has 0 aromatic heterocycles. The predicted molar refractivity (Wildman–Crippen MR) is 71.9 cm³/mol. The first kappa shape index (κ1) is 14.5. The highest BCUT2D eigenvalue weighted by atomic mass is 16.2. The number of nitrogens with one attached hydrogen (secondary N) is 1. The predicted octanol–water partition coefficient (Wildman–Crippen LogP) is 2.27. The number of nitrogens with zero attached hydrogens (tertiary/aromatic N) is 1. The van der Waals surface area contributed by atoms with Gasteiger partial charge in [-0.25, -0.2) is 0 Å². The number of carbonyl (C=O) groups excluding carboxylic acids is 1. The zero-order valence-corrected chi connectivity index (χ0v) is 11.8. The highest BCUT2D eigenvalue weighted by molar-refractivity contribution is 5.80. The van der Waals surface area contributed by atoms with E-state index in [-0.39, 0.29) is 11.9 Å². The van der Waals surface area contributed by atoms with Crippen LogP contribution in [-0.2, 0) is 4.79 Å². The molecular weight excluding hydrogens is 212 g/mol. The van der Waals surface area contributed by atoms with Crippen LogP contribution >= 0.6 is 0 Å². The van der Waals surface area contributed by atoms with E-state index >= 15 is 0 Å². The number of likely N-dealkylation sites (N-methyl/N-ethyl adjacent to an activating group) is 1. The first-order chi connectivity index (χ1) is 8.04. The molecule has 3 heteroatoms. The van der Waals surface area contributed by atoms with Crippen LogP contribution in [0.4, 0.5) is 0 Å².